The molecular weight excluding hydrogens is 257 g/mol. The standard InChI is InChI=1S/C14H14BNO4/c1-20-13-11(8-5-9-12(13)15(18)19)14(17)16-10-6-3-2-4-7-10/h2-9,18-19H,1H3,(H,16,17). The van der Waals surface area contributed by atoms with Crippen LogP contribution in [0.5, 0.6) is 5.75 Å². The average molecular weight is 271 g/mol. The lowest BCUT2D eigenvalue weighted by Gasteiger charge is -2.13. The minimum Gasteiger partial charge on any atom is -0.496 e. The van der Waals surface area contributed by atoms with Gasteiger partial charge in [-0.1, -0.05) is 30.3 Å². The van der Waals surface area contributed by atoms with Gasteiger partial charge in [0.1, 0.15) is 5.75 Å². The molecule has 0 heterocycles. The van der Waals surface area contributed by atoms with Gasteiger partial charge >= 0.3 is 7.12 Å². The number of anilines is 1. The van der Waals surface area contributed by atoms with E-state index in [1.54, 1.807) is 36.4 Å². The molecule has 2 aromatic carbocycles. The zero-order chi connectivity index (χ0) is 14.5. The fourth-order valence-corrected chi connectivity index (χ4v) is 1.88. The van der Waals surface area contributed by atoms with Gasteiger partial charge in [-0.25, -0.2) is 0 Å². The Morgan fingerprint density at radius 2 is 1.80 bits per heavy atom. The highest BCUT2D eigenvalue weighted by atomic mass is 16.5. The number of nitrogens with one attached hydrogen (secondary N) is 1. The van der Waals surface area contributed by atoms with Gasteiger partial charge in [0.05, 0.1) is 12.7 Å². The van der Waals surface area contributed by atoms with Crippen molar-refractivity contribution in [3.05, 3.63) is 54.1 Å². The summed E-state index contributed by atoms with van der Waals surface area (Å²) in [5.41, 5.74) is 1.03. The van der Waals surface area contributed by atoms with Crippen LogP contribution in [0, 0.1) is 0 Å². The van der Waals surface area contributed by atoms with Gasteiger partial charge in [0.25, 0.3) is 5.91 Å². The highest BCUT2D eigenvalue weighted by Crippen LogP contribution is 2.18. The number of hydrogen-bond acceptors (Lipinski definition) is 4. The predicted octanol–water partition coefficient (Wildman–Crippen LogP) is 0.627. The number of benzene rings is 2. The van der Waals surface area contributed by atoms with Crippen LogP contribution in [0.15, 0.2) is 48.5 Å². The molecule has 3 N–H and O–H groups in total. The molecule has 1 amide bonds. The first-order valence-electron chi connectivity index (χ1n) is 6.03. The summed E-state index contributed by atoms with van der Waals surface area (Å²) in [5, 5.41) is 21.3. The van der Waals surface area contributed by atoms with Gasteiger partial charge in [-0.3, -0.25) is 4.79 Å². The number of hydrogen-bond donors (Lipinski definition) is 3. The monoisotopic (exact) mass is 271 g/mol. The summed E-state index contributed by atoms with van der Waals surface area (Å²) in [7, 11) is -0.324. The predicted molar refractivity (Wildman–Crippen MR) is 77.2 cm³/mol. The van der Waals surface area contributed by atoms with Crippen LogP contribution in [-0.2, 0) is 0 Å². The maximum atomic E-state index is 12.2. The summed E-state index contributed by atoms with van der Waals surface area (Å²) in [6.45, 7) is 0. The first kappa shape index (κ1) is 14.1. The van der Waals surface area contributed by atoms with Crippen molar-refractivity contribution in [1.29, 1.82) is 0 Å². The largest absolute Gasteiger partial charge is 0.496 e. The quantitative estimate of drug-likeness (QED) is 0.712. The molecule has 0 atom stereocenters. The fourth-order valence-electron chi connectivity index (χ4n) is 1.88. The van der Waals surface area contributed by atoms with Crippen LogP contribution in [0.2, 0.25) is 0 Å². The molecule has 0 aliphatic heterocycles. The van der Waals surface area contributed by atoms with Gasteiger partial charge in [-0.2, -0.15) is 0 Å². The molecule has 0 saturated carbocycles. The van der Waals surface area contributed by atoms with Gasteiger partial charge in [-0.05, 0) is 18.2 Å². The van der Waals surface area contributed by atoms with Crippen molar-refractivity contribution in [2.45, 2.75) is 0 Å². The van der Waals surface area contributed by atoms with Gasteiger partial charge in [-0.15, -0.1) is 0 Å². The molecule has 0 aliphatic carbocycles. The van der Waals surface area contributed by atoms with E-state index in [1.807, 2.05) is 6.07 Å². The number of carbonyl (C=O) groups is 1. The van der Waals surface area contributed by atoms with Crippen molar-refractivity contribution in [2.24, 2.45) is 0 Å². The van der Waals surface area contributed by atoms with Crippen molar-refractivity contribution >= 4 is 24.2 Å². The third-order valence-electron chi connectivity index (χ3n) is 2.80. The zero-order valence-corrected chi connectivity index (χ0v) is 10.9. The molecule has 0 unspecified atom stereocenters. The highest BCUT2D eigenvalue weighted by Gasteiger charge is 2.22. The molecule has 2 rings (SSSR count). The Balaban J connectivity index is 2.32. The van der Waals surface area contributed by atoms with Gasteiger partial charge in [0.15, 0.2) is 0 Å². The molecule has 0 fully saturated rings. The second kappa shape index (κ2) is 6.23. The molecule has 5 nitrogen and oxygen atoms in total. The Kier molecular flexibility index (Phi) is 4.39. The molecule has 0 aliphatic rings. The van der Waals surface area contributed by atoms with Crippen LogP contribution >= 0.6 is 0 Å². The number of methoxy groups -OCH3 is 1. The zero-order valence-electron chi connectivity index (χ0n) is 10.9. The van der Waals surface area contributed by atoms with Crippen LogP contribution in [0.3, 0.4) is 0 Å². The number of amides is 1. The Labute approximate surface area is 117 Å². The molecule has 0 spiro atoms. The van der Waals surface area contributed by atoms with Crippen LogP contribution in [0.1, 0.15) is 10.4 Å². The van der Waals surface area contributed by atoms with Crippen LogP contribution in [0.4, 0.5) is 5.69 Å². The minimum atomic E-state index is -1.70. The highest BCUT2D eigenvalue weighted by molar-refractivity contribution is 6.60. The van der Waals surface area contributed by atoms with Crippen molar-refractivity contribution in [1.82, 2.24) is 0 Å². The lowest BCUT2D eigenvalue weighted by molar-refractivity contribution is 0.102. The lowest BCUT2D eigenvalue weighted by atomic mass is 9.78. The fraction of sp³-hybridized carbons (Fsp3) is 0.0714. The van der Waals surface area contributed by atoms with E-state index < -0.39 is 7.12 Å². The average Bonchev–Trinajstić information content (AvgIpc) is 2.47. The summed E-state index contributed by atoms with van der Waals surface area (Å²) in [4.78, 5) is 12.2. The Morgan fingerprint density at radius 3 is 2.40 bits per heavy atom. The Hall–Kier alpha value is -2.31. The van der Waals surface area contributed by atoms with E-state index in [0.717, 1.165) is 0 Å². The van der Waals surface area contributed by atoms with Crippen molar-refractivity contribution in [2.75, 3.05) is 12.4 Å². The van der Waals surface area contributed by atoms with Crippen LogP contribution < -0.4 is 15.5 Å². The molecule has 0 aromatic heterocycles. The van der Waals surface area contributed by atoms with E-state index in [2.05, 4.69) is 5.32 Å². The van der Waals surface area contributed by atoms with Crippen molar-refractivity contribution in [3.8, 4) is 5.75 Å². The summed E-state index contributed by atoms with van der Waals surface area (Å²) >= 11 is 0. The number of carbonyl (C=O) groups excluding carboxylic acids is 1. The maximum absolute atomic E-state index is 12.2. The van der Waals surface area contributed by atoms with E-state index in [1.165, 1.54) is 13.2 Å². The third-order valence-corrected chi connectivity index (χ3v) is 2.80. The summed E-state index contributed by atoms with van der Waals surface area (Å²) in [5.74, 6) is -0.230. The second-order valence-electron chi connectivity index (χ2n) is 4.12. The van der Waals surface area contributed by atoms with Crippen LogP contribution in [0.25, 0.3) is 0 Å². The smallest absolute Gasteiger partial charge is 0.492 e. The molecule has 0 saturated heterocycles. The molecule has 6 heteroatoms. The molecule has 20 heavy (non-hydrogen) atoms. The summed E-state index contributed by atoms with van der Waals surface area (Å²) < 4.78 is 5.12. The molecular formula is C14H14BNO4. The molecule has 0 radical (unpaired) electrons. The molecule has 102 valence electrons. The lowest BCUT2D eigenvalue weighted by Crippen LogP contribution is -2.32. The summed E-state index contributed by atoms with van der Waals surface area (Å²) in [6, 6.07) is 13.6. The third kappa shape index (κ3) is 2.99. The molecule has 0 bridgehead atoms. The molecule has 2 aromatic rings. The van der Waals surface area contributed by atoms with E-state index in [9.17, 15) is 14.8 Å². The number of rotatable bonds is 4. The van der Waals surface area contributed by atoms with E-state index in [-0.39, 0.29) is 22.7 Å². The SMILES string of the molecule is COc1c(B(O)O)cccc1C(=O)Nc1ccccc1. The van der Waals surface area contributed by atoms with E-state index >= 15 is 0 Å². The van der Waals surface area contributed by atoms with E-state index in [4.69, 9.17) is 4.74 Å². The minimum absolute atomic E-state index is 0.146. The maximum Gasteiger partial charge on any atom is 0.492 e. The normalized spacial score (nSPS) is 9.95. The number of para-hydroxylation sites is 2. The van der Waals surface area contributed by atoms with Crippen LogP contribution in [-0.4, -0.2) is 30.2 Å². The van der Waals surface area contributed by atoms with E-state index in [0.29, 0.717) is 5.69 Å². The first-order chi connectivity index (χ1) is 9.63. The van der Waals surface area contributed by atoms with Crippen molar-refractivity contribution in [3.63, 3.8) is 0 Å². The number of ether oxygens (including phenoxy) is 1. The topological polar surface area (TPSA) is 78.8 Å². The van der Waals surface area contributed by atoms with Gasteiger partial charge < -0.3 is 20.1 Å². The Bertz CT molecular complexity index is 601. The van der Waals surface area contributed by atoms with Gasteiger partial charge in [0, 0.05) is 11.2 Å². The summed E-state index contributed by atoms with van der Waals surface area (Å²) in [6.07, 6.45) is 0. The van der Waals surface area contributed by atoms with Crippen molar-refractivity contribution < 1.29 is 19.6 Å². The van der Waals surface area contributed by atoms with Gasteiger partial charge in [0.2, 0.25) is 0 Å². The Morgan fingerprint density at radius 1 is 1.10 bits per heavy atom. The first-order valence-corrected chi connectivity index (χ1v) is 6.03. The second-order valence-corrected chi connectivity index (χ2v) is 4.12.